The highest BCUT2D eigenvalue weighted by Gasteiger charge is 2.40. The van der Waals surface area contributed by atoms with Crippen molar-refractivity contribution in [3.8, 4) is 17.2 Å². The van der Waals surface area contributed by atoms with Crippen LogP contribution < -0.4 is 14.2 Å². The van der Waals surface area contributed by atoms with Gasteiger partial charge in [-0.2, -0.15) is 0 Å². The lowest BCUT2D eigenvalue weighted by Gasteiger charge is -2.38. The van der Waals surface area contributed by atoms with Gasteiger partial charge in [-0.3, -0.25) is 0 Å². The molecule has 0 bridgehead atoms. The van der Waals surface area contributed by atoms with Gasteiger partial charge in [-0.25, -0.2) is 0 Å². The lowest BCUT2D eigenvalue weighted by molar-refractivity contribution is 0.160. The van der Waals surface area contributed by atoms with Crippen molar-refractivity contribution in [2.24, 2.45) is 0 Å². The molecule has 176 valence electrons. The van der Waals surface area contributed by atoms with Crippen molar-refractivity contribution in [1.29, 1.82) is 0 Å². The maximum absolute atomic E-state index is 7.04. The van der Waals surface area contributed by atoms with Crippen molar-refractivity contribution < 1.29 is 14.2 Å². The minimum atomic E-state index is -0.848. The average molecular weight is 471 g/mol. The Hall–Kier alpha value is -4.50. The molecule has 36 heavy (non-hydrogen) atoms. The van der Waals surface area contributed by atoms with Gasteiger partial charge in [0, 0.05) is 16.7 Å². The Morgan fingerprint density at radius 3 is 1.78 bits per heavy atom. The molecule has 0 aromatic heterocycles. The Balaban J connectivity index is 1.67. The summed E-state index contributed by atoms with van der Waals surface area (Å²) in [6.07, 6.45) is 2.26. The second-order valence-corrected chi connectivity index (χ2v) is 8.88. The van der Waals surface area contributed by atoms with E-state index in [4.69, 9.17) is 14.2 Å². The van der Waals surface area contributed by atoms with Gasteiger partial charge in [0.25, 0.3) is 0 Å². The van der Waals surface area contributed by atoms with Gasteiger partial charge in [0.2, 0.25) is 0 Å². The predicted molar refractivity (Wildman–Crippen MR) is 145 cm³/mol. The zero-order chi connectivity index (χ0) is 24.5. The average Bonchev–Trinajstić information content (AvgIpc) is 2.97. The second kappa shape index (κ2) is 8.94. The Morgan fingerprint density at radius 2 is 1.17 bits per heavy atom. The van der Waals surface area contributed by atoms with Crippen LogP contribution in [0.5, 0.6) is 17.2 Å². The molecule has 0 radical (unpaired) electrons. The van der Waals surface area contributed by atoms with Crippen LogP contribution in [-0.4, -0.2) is 14.2 Å². The van der Waals surface area contributed by atoms with E-state index in [9.17, 15) is 0 Å². The van der Waals surface area contributed by atoms with Gasteiger partial charge >= 0.3 is 0 Å². The maximum atomic E-state index is 7.04. The first-order valence-corrected chi connectivity index (χ1v) is 12.0. The van der Waals surface area contributed by atoms with Gasteiger partial charge in [-0.15, -0.1) is 0 Å². The molecule has 0 spiro atoms. The standard InChI is InChI=1S/C33H26O3/c1-34-27-17-13-25(14-18-27)33(26-15-19-28(35-2)20-16-26)22-30(23-8-4-3-5-9-23)32-29-11-7-6-10-24(29)12-21-31(32)36-33/h3-22H,1-2H3. The molecule has 0 amide bonds. The second-order valence-electron chi connectivity index (χ2n) is 8.88. The van der Waals surface area contributed by atoms with Crippen molar-refractivity contribution in [2.45, 2.75) is 5.60 Å². The van der Waals surface area contributed by atoms with Crippen molar-refractivity contribution in [2.75, 3.05) is 14.2 Å². The molecule has 0 saturated carbocycles. The topological polar surface area (TPSA) is 27.7 Å². The number of rotatable bonds is 5. The van der Waals surface area contributed by atoms with Gasteiger partial charge < -0.3 is 14.2 Å². The van der Waals surface area contributed by atoms with Crippen LogP contribution in [0, 0.1) is 0 Å². The van der Waals surface area contributed by atoms with Crippen molar-refractivity contribution in [1.82, 2.24) is 0 Å². The summed E-state index contributed by atoms with van der Waals surface area (Å²) in [4.78, 5) is 0. The highest BCUT2D eigenvalue weighted by atomic mass is 16.5. The molecule has 0 atom stereocenters. The minimum absolute atomic E-state index is 0.804. The quantitative estimate of drug-likeness (QED) is 0.264. The third-order valence-corrected chi connectivity index (χ3v) is 6.90. The highest BCUT2D eigenvalue weighted by Crippen LogP contribution is 2.49. The Kier molecular flexibility index (Phi) is 5.46. The number of methoxy groups -OCH3 is 2. The summed E-state index contributed by atoms with van der Waals surface area (Å²) in [5, 5.41) is 2.35. The van der Waals surface area contributed by atoms with Crippen molar-refractivity contribution in [3.63, 3.8) is 0 Å². The van der Waals surface area contributed by atoms with Gasteiger partial charge in [0.05, 0.1) is 14.2 Å². The molecule has 1 heterocycles. The summed E-state index contributed by atoms with van der Waals surface area (Å²) in [6.45, 7) is 0. The number of ether oxygens (including phenoxy) is 3. The van der Waals surface area contributed by atoms with Crippen LogP contribution in [-0.2, 0) is 5.60 Å². The number of hydrogen-bond acceptors (Lipinski definition) is 3. The smallest absolute Gasteiger partial charge is 0.178 e. The van der Waals surface area contributed by atoms with E-state index in [0.29, 0.717) is 0 Å². The Morgan fingerprint density at radius 1 is 0.583 bits per heavy atom. The van der Waals surface area contributed by atoms with Crippen LogP contribution in [0.4, 0.5) is 0 Å². The monoisotopic (exact) mass is 470 g/mol. The molecule has 5 aromatic rings. The normalized spacial score (nSPS) is 13.9. The first kappa shape index (κ1) is 22.0. The lowest BCUT2D eigenvalue weighted by Crippen LogP contribution is -2.35. The molecule has 0 aliphatic carbocycles. The van der Waals surface area contributed by atoms with Crippen LogP contribution >= 0.6 is 0 Å². The predicted octanol–water partition coefficient (Wildman–Crippen LogP) is 7.62. The van der Waals surface area contributed by atoms with Crippen LogP contribution in [0.25, 0.3) is 16.3 Å². The zero-order valence-corrected chi connectivity index (χ0v) is 20.3. The minimum Gasteiger partial charge on any atom is -0.497 e. The number of hydrogen-bond donors (Lipinski definition) is 0. The third kappa shape index (κ3) is 3.61. The zero-order valence-electron chi connectivity index (χ0n) is 20.3. The molecule has 0 fully saturated rings. The van der Waals surface area contributed by atoms with Crippen LogP contribution in [0.1, 0.15) is 22.3 Å². The van der Waals surface area contributed by atoms with E-state index < -0.39 is 5.60 Å². The highest BCUT2D eigenvalue weighted by molar-refractivity contribution is 6.01. The summed E-state index contributed by atoms with van der Waals surface area (Å²) < 4.78 is 17.9. The van der Waals surface area contributed by atoms with E-state index in [2.05, 4.69) is 91.0 Å². The van der Waals surface area contributed by atoms with E-state index >= 15 is 0 Å². The third-order valence-electron chi connectivity index (χ3n) is 6.90. The molecule has 3 nitrogen and oxygen atoms in total. The fourth-order valence-electron chi connectivity index (χ4n) is 5.07. The first-order chi connectivity index (χ1) is 17.7. The van der Waals surface area contributed by atoms with Gasteiger partial charge in [0.15, 0.2) is 5.60 Å². The fraction of sp³-hybridized carbons (Fsp3) is 0.0909. The molecule has 6 rings (SSSR count). The molecule has 0 unspecified atom stereocenters. The summed E-state index contributed by atoms with van der Waals surface area (Å²) in [6, 6.07) is 39.5. The molecule has 0 saturated heterocycles. The number of fused-ring (bicyclic) bond motifs is 3. The number of benzene rings is 5. The first-order valence-electron chi connectivity index (χ1n) is 12.0. The molecule has 1 aliphatic rings. The van der Waals surface area contributed by atoms with E-state index in [1.165, 1.54) is 10.8 Å². The lowest BCUT2D eigenvalue weighted by atomic mass is 9.79. The van der Waals surface area contributed by atoms with Gasteiger partial charge in [0.1, 0.15) is 17.2 Å². The molecule has 3 heteroatoms. The summed E-state index contributed by atoms with van der Waals surface area (Å²) in [5.74, 6) is 2.46. The van der Waals surface area contributed by atoms with Crippen LogP contribution in [0.2, 0.25) is 0 Å². The van der Waals surface area contributed by atoms with Crippen molar-refractivity contribution in [3.05, 3.63) is 144 Å². The summed E-state index contributed by atoms with van der Waals surface area (Å²) in [5.41, 5.74) is 4.57. The molecule has 0 N–H and O–H groups in total. The van der Waals surface area contributed by atoms with Gasteiger partial charge in [-0.1, -0.05) is 84.9 Å². The Labute approximate surface area is 211 Å². The van der Waals surface area contributed by atoms with Crippen LogP contribution in [0.15, 0.2) is 121 Å². The molecule has 1 aliphatic heterocycles. The van der Waals surface area contributed by atoms with E-state index in [1.807, 2.05) is 30.3 Å². The Bertz CT molecular complexity index is 1500. The van der Waals surface area contributed by atoms with Crippen LogP contribution in [0.3, 0.4) is 0 Å². The van der Waals surface area contributed by atoms with Crippen molar-refractivity contribution >= 4 is 16.3 Å². The summed E-state index contributed by atoms with van der Waals surface area (Å²) in [7, 11) is 3.36. The van der Waals surface area contributed by atoms with E-state index in [-0.39, 0.29) is 0 Å². The molecular weight excluding hydrogens is 444 g/mol. The fourth-order valence-corrected chi connectivity index (χ4v) is 5.07. The largest absolute Gasteiger partial charge is 0.497 e. The molecule has 5 aromatic carbocycles. The van der Waals surface area contributed by atoms with E-state index in [0.717, 1.165) is 45.1 Å². The maximum Gasteiger partial charge on any atom is 0.178 e. The van der Waals surface area contributed by atoms with Gasteiger partial charge in [-0.05, 0) is 58.3 Å². The summed E-state index contributed by atoms with van der Waals surface area (Å²) >= 11 is 0. The van der Waals surface area contributed by atoms with E-state index in [1.54, 1.807) is 14.2 Å². The SMILES string of the molecule is COc1ccc(C2(c3ccc(OC)cc3)C=C(c3ccccc3)c3c(ccc4ccccc34)O2)cc1. The molecular formula is C33H26O3.